The topological polar surface area (TPSA) is 143 Å². The van der Waals surface area contributed by atoms with E-state index >= 15 is 0 Å². The van der Waals surface area contributed by atoms with Gasteiger partial charge in [0, 0.05) is 5.38 Å². The molecule has 18 heavy (non-hydrogen) atoms. The second-order valence-electron chi connectivity index (χ2n) is 3.35. The number of aromatic nitrogens is 1. The maximum atomic E-state index is 11.4. The fraction of sp³-hybridized carbons (Fsp3) is 0.333. The van der Waals surface area contributed by atoms with Crippen molar-refractivity contribution >= 4 is 29.2 Å². The minimum Gasteiger partial charge on any atom is -0.481 e. The zero-order valence-electron chi connectivity index (χ0n) is 9.12. The van der Waals surface area contributed by atoms with E-state index in [0.29, 0.717) is 5.01 Å². The normalized spacial score (nSPS) is 11.8. The first-order valence-corrected chi connectivity index (χ1v) is 5.71. The molecule has 0 spiro atoms. The van der Waals surface area contributed by atoms with Crippen LogP contribution >= 0.6 is 11.3 Å². The van der Waals surface area contributed by atoms with Crippen molar-refractivity contribution in [1.82, 2.24) is 10.3 Å². The lowest BCUT2D eigenvalue weighted by Gasteiger charge is -2.08. The quantitative estimate of drug-likeness (QED) is 0.534. The van der Waals surface area contributed by atoms with Crippen LogP contribution < -0.4 is 11.1 Å². The number of carboxylic acid groups (broad SMARTS) is 2. The summed E-state index contributed by atoms with van der Waals surface area (Å²) in [5, 5.41) is 21.2. The van der Waals surface area contributed by atoms with Crippen molar-refractivity contribution in [3.8, 4) is 0 Å². The zero-order valence-corrected chi connectivity index (χ0v) is 9.94. The minimum atomic E-state index is -1.17. The lowest BCUT2D eigenvalue weighted by Crippen LogP contribution is -2.41. The predicted octanol–water partition coefficient (Wildman–Crippen LogP) is -0.740. The van der Waals surface area contributed by atoms with E-state index in [0.717, 1.165) is 11.3 Å². The molecule has 0 bridgehead atoms. The maximum Gasteiger partial charge on any atom is 0.355 e. The number of aliphatic carboxylic acids is 1. The molecule has 1 atom stereocenters. The van der Waals surface area contributed by atoms with Gasteiger partial charge in [-0.1, -0.05) is 0 Å². The summed E-state index contributed by atoms with van der Waals surface area (Å²) < 4.78 is 0. The molecule has 1 rings (SSSR count). The van der Waals surface area contributed by atoms with Gasteiger partial charge in [-0.3, -0.25) is 9.59 Å². The number of thiazole rings is 1. The molecule has 98 valence electrons. The Labute approximate surface area is 105 Å². The van der Waals surface area contributed by atoms with Gasteiger partial charge in [0.2, 0.25) is 5.91 Å². The molecule has 0 aliphatic carbocycles. The van der Waals surface area contributed by atoms with E-state index in [9.17, 15) is 14.4 Å². The molecule has 1 aromatic rings. The fourth-order valence-corrected chi connectivity index (χ4v) is 1.77. The van der Waals surface area contributed by atoms with E-state index in [1.54, 1.807) is 0 Å². The van der Waals surface area contributed by atoms with Crippen molar-refractivity contribution < 1.29 is 24.6 Å². The molecular formula is C9H11N3O5S. The van der Waals surface area contributed by atoms with Crippen LogP contribution in [-0.4, -0.2) is 39.1 Å². The van der Waals surface area contributed by atoms with E-state index in [-0.39, 0.29) is 12.2 Å². The summed E-state index contributed by atoms with van der Waals surface area (Å²) in [4.78, 5) is 36.0. The van der Waals surface area contributed by atoms with E-state index < -0.39 is 30.3 Å². The number of aromatic carboxylic acids is 1. The Kier molecular flexibility index (Phi) is 4.75. The molecule has 0 aromatic carbocycles. The van der Waals surface area contributed by atoms with Crippen molar-refractivity contribution in [2.45, 2.75) is 19.0 Å². The molecule has 0 aliphatic heterocycles. The lowest BCUT2D eigenvalue weighted by atomic mass is 10.2. The number of carbonyl (C=O) groups is 3. The van der Waals surface area contributed by atoms with Crippen LogP contribution in [0, 0.1) is 0 Å². The Morgan fingerprint density at radius 2 is 2.11 bits per heavy atom. The summed E-state index contributed by atoms with van der Waals surface area (Å²) in [6, 6.07) is -1.14. The number of amides is 1. The smallest absolute Gasteiger partial charge is 0.355 e. The highest BCUT2D eigenvalue weighted by atomic mass is 32.1. The summed E-state index contributed by atoms with van der Waals surface area (Å²) in [5.41, 5.74) is 5.23. The van der Waals surface area contributed by atoms with Gasteiger partial charge in [-0.2, -0.15) is 0 Å². The van der Waals surface area contributed by atoms with Crippen molar-refractivity contribution in [1.29, 1.82) is 0 Å². The molecule has 8 nitrogen and oxygen atoms in total. The molecule has 1 heterocycles. The molecule has 9 heteroatoms. The van der Waals surface area contributed by atoms with E-state index in [4.69, 9.17) is 15.9 Å². The summed E-state index contributed by atoms with van der Waals surface area (Å²) in [6.45, 7) is 0.0180. The summed E-state index contributed by atoms with van der Waals surface area (Å²) in [5.74, 6) is -2.93. The van der Waals surface area contributed by atoms with Crippen LogP contribution in [0.5, 0.6) is 0 Å². The van der Waals surface area contributed by atoms with Crippen LogP contribution in [-0.2, 0) is 16.1 Å². The lowest BCUT2D eigenvalue weighted by molar-refractivity contribution is -0.139. The van der Waals surface area contributed by atoms with Gasteiger partial charge in [-0.15, -0.1) is 11.3 Å². The molecule has 0 fully saturated rings. The molecule has 0 radical (unpaired) electrons. The number of nitrogens with one attached hydrogen (secondary N) is 1. The molecule has 0 saturated heterocycles. The number of nitrogens with two attached hydrogens (primary N) is 1. The highest BCUT2D eigenvalue weighted by molar-refractivity contribution is 7.09. The average Bonchev–Trinajstić information content (AvgIpc) is 2.73. The Balaban J connectivity index is 2.46. The van der Waals surface area contributed by atoms with Crippen molar-refractivity contribution in [3.63, 3.8) is 0 Å². The number of carboxylic acids is 2. The fourth-order valence-electron chi connectivity index (χ4n) is 1.06. The summed E-state index contributed by atoms with van der Waals surface area (Å²) in [6.07, 6.45) is -0.468. The highest BCUT2D eigenvalue weighted by Gasteiger charge is 2.17. The monoisotopic (exact) mass is 273 g/mol. The van der Waals surface area contributed by atoms with E-state index in [2.05, 4.69) is 10.3 Å². The van der Waals surface area contributed by atoms with E-state index in [1.165, 1.54) is 5.38 Å². The van der Waals surface area contributed by atoms with Gasteiger partial charge >= 0.3 is 11.9 Å². The number of rotatable bonds is 6. The first-order chi connectivity index (χ1) is 8.40. The molecule has 1 amide bonds. The maximum absolute atomic E-state index is 11.4. The van der Waals surface area contributed by atoms with Crippen LogP contribution in [0.2, 0.25) is 0 Å². The Hall–Kier alpha value is -2.00. The Bertz CT molecular complexity index is 473. The van der Waals surface area contributed by atoms with Gasteiger partial charge in [0.05, 0.1) is 19.0 Å². The molecule has 0 aliphatic rings. The summed E-state index contributed by atoms with van der Waals surface area (Å²) >= 11 is 1.08. The van der Waals surface area contributed by atoms with Crippen LogP contribution in [0.15, 0.2) is 5.38 Å². The third-order valence-corrected chi connectivity index (χ3v) is 2.76. The van der Waals surface area contributed by atoms with Crippen LogP contribution in [0.3, 0.4) is 0 Å². The van der Waals surface area contributed by atoms with Gasteiger partial charge in [0.25, 0.3) is 0 Å². The molecular weight excluding hydrogens is 262 g/mol. The number of carbonyl (C=O) groups excluding carboxylic acids is 1. The van der Waals surface area contributed by atoms with Gasteiger partial charge in [-0.05, 0) is 0 Å². The van der Waals surface area contributed by atoms with Crippen molar-refractivity contribution in [2.24, 2.45) is 5.73 Å². The predicted molar refractivity (Wildman–Crippen MR) is 61.1 cm³/mol. The number of hydrogen-bond acceptors (Lipinski definition) is 6. The highest BCUT2D eigenvalue weighted by Crippen LogP contribution is 2.09. The van der Waals surface area contributed by atoms with Crippen LogP contribution in [0.1, 0.15) is 21.9 Å². The third-order valence-electron chi connectivity index (χ3n) is 1.92. The molecule has 1 aromatic heterocycles. The Morgan fingerprint density at radius 3 is 2.61 bits per heavy atom. The summed E-state index contributed by atoms with van der Waals surface area (Å²) in [7, 11) is 0. The minimum absolute atomic E-state index is 0.0180. The van der Waals surface area contributed by atoms with Gasteiger partial charge in [0.1, 0.15) is 5.01 Å². The molecule has 5 N–H and O–H groups in total. The zero-order chi connectivity index (χ0) is 13.7. The van der Waals surface area contributed by atoms with E-state index in [1.807, 2.05) is 0 Å². The Morgan fingerprint density at radius 1 is 1.44 bits per heavy atom. The molecule has 1 unspecified atom stereocenters. The number of nitrogens with zero attached hydrogens (tertiary/aromatic N) is 1. The first-order valence-electron chi connectivity index (χ1n) is 4.83. The van der Waals surface area contributed by atoms with Gasteiger partial charge in [-0.25, -0.2) is 9.78 Å². The SMILES string of the molecule is NC(CC(=O)O)C(=O)NCc1nc(C(=O)O)cs1. The second kappa shape index (κ2) is 6.07. The largest absolute Gasteiger partial charge is 0.481 e. The van der Waals surface area contributed by atoms with Crippen molar-refractivity contribution in [2.75, 3.05) is 0 Å². The second-order valence-corrected chi connectivity index (χ2v) is 4.30. The first kappa shape index (κ1) is 14.1. The molecule has 0 saturated carbocycles. The average molecular weight is 273 g/mol. The van der Waals surface area contributed by atoms with Gasteiger partial charge < -0.3 is 21.3 Å². The van der Waals surface area contributed by atoms with Gasteiger partial charge in [0.15, 0.2) is 5.69 Å². The third kappa shape index (κ3) is 4.11. The number of hydrogen-bond donors (Lipinski definition) is 4. The van der Waals surface area contributed by atoms with Crippen LogP contribution in [0.25, 0.3) is 0 Å². The van der Waals surface area contributed by atoms with Crippen molar-refractivity contribution in [3.05, 3.63) is 16.1 Å². The van der Waals surface area contributed by atoms with Crippen LogP contribution in [0.4, 0.5) is 0 Å². The standard InChI is InChI=1S/C9H11N3O5S/c10-4(1-7(13)14)8(15)11-2-6-12-5(3-18-6)9(16)17/h3-4H,1-2,10H2,(H,11,15)(H,13,14)(H,16,17).